The van der Waals surface area contributed by atoms with E-state index in [1.807, 2.05) is 0 Å². The molecule has 0 atom stereocenters. The highest BCUT2D eigenvalue weighted by molar-refractivity contribution is 6.09. The zero-order valence-corrected chi connectivity index (χ0v) is 16.2. The van der Waals surface area contributed by atoms with Crippen molar-refractivity contribution in [1.82, 2.24) is 9.55 Å². The van der Waals surface area contributed by atoms with Gasteiger partial charge in [0.25, 0.3) is 11.5 Å². The average molecular weight is 420 g/mol. The number of nitrogens with zero attached hydrogens (tertiary/aromatic N) is 2. The largest absolute Gasteiger partial charge is 0.504 e. The van der Waals surface area contributed by atoms with E-state index in [-0.39, 0.29) is 33.3 Å². The first-order valence-electron chi connectivity index (χ1n) is 8.58. The molecule has 2 heterocycles. The van der Waals surface area contributed by atoms with Gasteiger partial charge in [0.1, 0.15) is 11.4 Å². The molecule has 0 spiro atoms. The molecule has 11 heteroatoms. The minimum Gasteiger partial charge on any atom is -0.504 e. The Kier molecular flexibility index (Phi) is 4.98. The molecule has 0 aliphatic heterocycles. The monoisotopic (exact) mass is 420 g/mol. The molecule has 0 bridgehead atoms. The van der Waals surface area contributed by atoms with Crippen molar-refractivity contribution in [2.45, 2.75) is 27.4 Å². The van der Waals surface area contributed by atoms with Crippen LogP contribution in [0.1, 0.15) is 27.0 Å². The Bertz CT molecular complexity index is 1270. The second-order valence-corrected chi connectivity index (χ2v) is 6.68. The second kappa shape index (κ2) is 7.17. The van der Waals surface area contributed by atoms with Crippen LogP contribution in [0, 0.1) is 20.8 Å². The smallest absolute Gasteiger partial charge is 0.388 e. The third-order valence-electron chi connectivity index (χ3n) is 4.68. The molecule has 0 unspecified atom stereocenters. The van der Waals surface area contributed by atoms with Gasteiger partial charge in [-0.25, -0.2) is 4.98 Å². The lowest BCUT2D eigenvalue weighted by Crippen LogP contribution is -2.28. The van der Waals surface area contributed by atoms with Crippen LogP contribution in [0.25, 0.3) is 16.6 Å². The molecular weight excluding hydrogens is 402 g/mol. The summed E-state index contributed by atoms with van der Waals surface area (Å²) in [5, 5.41) is 19.8. The maximum atomic E-state index is 13.3. The van der Waals surface area contributed by atoms with Gasteiger partial charge in [-0.05, 0) is 38.5 Å². The van der Waals surface area contributed by atoms with Gasteiger partial charge in [0, 0.05) is 11.1 Å². The van der Waals surface area contributed by atoms with Crippen LogP contribution in [-0.2, 0) is 0 Å². The summed E-state index contributed by atoms with van der Waals surface area (Å²) >= 11 is 0. The number of alkyl halides is 2. The van der Waals surface area contributed by atoms with E-state index in [0.29, 0.717) is 5.56 Å². The summed E-state index contributed by atoms with van der Waals surface area (Å²) in [4.78, 5) is 29.3. The summed E-state index contributed by atoms with van der Waals surface area (Å²) in [5.74, 6) is -2.81. The van der Waals surface area contributed by atoms with E-state index >= 15 is 0 Å². The van der Waals surface area contributed by atoms with Gasteiger partial charge in [0.05, 0.1) is 16.6 Å². The molecule has 6 N–H and O–H groups in total. The zero-order chi connectivity index (χ0) is 22.5. The van der Waals surface area contributed by atoms with Crippen molar-refractivity contribution in [3.8, 4) is 23.1 Å². The topological polar surface area (TPSA) is 154 Å². The fourth-order valence-electron chi connectivity index (χ4n) is 3.37. The molecule has 158 valence electrons. The number of ether oxygens (including phenoxy) is 1. The number of carbonyl (C=O) groups excluding carboxylic acids is 1. The van der Waals surface area contributed by atoms with Crippen molar-refractivity contribution >= 4 is 22.6 Å². The first kappa shape index (κ1) is 20.8. The van der Waals surface area contributed by atoms with E-state index in [0.717, 1.165) is 4.57 Å². The van der Waals surface area contributed by atoms with Crippen LogP contribution in [0.5, 0.6) is 17.4 Å². The Morgan fingerprint density at radius 3 is 2.40 bits per heavy atom. The van der Waals surface area contributed by atoms with E-state index in [1.54, 1.807) is 6.92 Å². The number of benzene rings is 1. The number of primary amides is 1. The maximum absolute atomic E-state index is 13.3. The highest BCUT2D eigenvalue weighted by atomic mass is 19.3. The van der Waals surface area contributed by atoms with Crippen molar-refractivity contribution in [1.29, 1.82) is 0 Å². The Balaban J connectivity index is 2.52. The molecule has 0 aliphatic carbocycles. The summed E-state index contributed by atoms with van der Waals surface area (Å²) in [6.45, 7) is 1.23. The number of carbonyl (C=O) groups is 1. The number of nitrogens with two attached hydrogens (primary N) is 2. The van der Waals surface area contributed by atoms with E-state index in [1.165, 1.54) is 26.0 Å². The lowest BCUT2D eigenvalue weighted by Gasteiger charge is -2.20. The number of phenolic OH excluding ortho intramolecular Hbond substituents is 2. The Hall–Kier alpha value is -3.89. The van der Waals surface area contributed by atoms with Crippen molar-refractivity contribution in [2.75, 3.05) is 5.73 Å². The molecule has 1 amide bonds. The van der Waals surface area contributed by atoms with Gasteiger partial charge in [0.15, 0.2) is 11.5 Å². The lowest BCUT2D eigenvalue weighted by molar-refractivity contribution is -0.0531. The van der Waals surface area contributed by atoms with Crippen molar-refractivity contribution in [2.24, 2.45) is 5.73 Å². The first-order valence-corrected chi connectivity index (χ1v) is 8.58. The number of hydrogen-bond acceptors (Lipinski definition) is 7. The van der Waals surface area contributed by atoms with Crippen molar-refractivity contribution < 1.29 is 28.5 Å². The predicted octanol–water partition coefficient (Wildman–Crippen LogP) is 2.00. The third-order valence-corrected chi connectivity index (χ3v) is 4.68. The number of aryl methyl sites for hydroxylation is 2. The van der Waals surface area contributed by atoms with Crippen LogP contribution >= 0.6 is 0 Å². The highest BCUT2D eigenvalue weighted by Crippen LogP contribution is 2.37. The highest BCUT2D eigenvalue weighted by Gasteiger charge is 2.25. The minimum absolute atomic E-state index is 0.119. The summed E-state index contributed by atoms with van der Waals surface area (Å²) < 4.78 is 30.7. The van der Waals surface area contributed by atoms with E-state index in [2.05, 4.69) is 9.72 Å². The quantitative estimate of drug-likeness (QED) is 0.471. The van der Waals surface area contributed by atoms with Crippen LogP contribution in [0.15, 0.2) is 16.9 Å². The molecule has 2 aromatic heterocycles. The van der Waals surface area contributed by atoms with Gasteiger partial charge in [-0.2, -0.15) is 8.78 Å². The fraction of sp³-hybridized carbons (Fsp3) is 0.211. The van der Waals surface area contributed by atoms with E-state index in [4.69, 9.17) is 11.5 Å². The number of amides is 1. The maximum Gasteiger partial charge on any atom is 0.388 e. The number of hydrogen-bond donors (Lipinski definition) is 4. The Morgan fingerprint density at radius 2 is 1.83 bits per heavy atom. The number of halogens is 2. The van der Waals surface area contributed by atoms with Gasteiger partial charge >= 0.3 is 6.61 Å². The van der Waals surface area contributed by atoms with Gasteiger partial charge in [-0.1, -0.05) is 0 Å². The molecule has 0 aliphatic rings. The van der Waals surface area contributed by atoms with Crippen LogP contribution < -0.4 is 21.8 Å². The van der Waals surface area contributed by atoms with E-state index in [9.17, 15) is 28.6 Å². The van der Waals surface area contributed by atoms with Crippen LogP contribution in [0.2, 0.25) is 0 Å². The molecule has 3 aromatic rings. The molecule has 9 nitrogen and oxygen atoms in total. The first-order chi connectivity index (χ1) is 14.0. The number of rotatable bonds is 4. The second-order valence-electron chi connectivity index (χ2n) is 6.68. The van der Waals surface area contributed by atoms with Crippen molar-refractivity contribution in [3.05, 3.63) is 44.7 Å². The summed E-state index contributed by atoms with van der Waals surface area (Å²) in [6.07, 6.45) is 0. The number of aromatic nitrogens is 2. The summed E-state index contributed by atoms with van der Waals surface area (Å²) in [6, 6.07) is 2.45. The number of pyridine rings is 2. The van der Waals surface area contributed by atoms with Gasteiger partial charge in [0.2, 0.25) is 5.88 Å². The SMILES string of the molecule is Cc1cc2c(=O)n(-c3c(C)cc(O)c(O)c3C)c(N)c(C(N)=O)c2nc1OC(F)F. The zero-order valence-electron chi connectivity index (χ0n) is 16.2. The fourth-order valence-corrected chi connectivity index (χ4v) is 3.37. The van der Waals surface area contributed by atoms with Crippen molar-refractivity contribution in [3.63, 3.8) is 0 Å². The Labute approximate surface area is 168 Å². The molecule has 30 heavy (non-hydrogen) atoms. The standard InChI is InChI=1S/C19H18F2N4O5/c1-6-5-10(26)14(27)8(3)13(6)25-15(22)11(16(23)28)12-9(18(25)29)4-7(2)17(24-12)30-19(20)21/h4-5,19,26-27H,22H2,1-3H3,(H2,23,28). The lowest BCUT2D eigenvalue weighted by atomic mass is 10.0. The average Bonchev–Trinajstić information content (AvgIpc) is 2.63. The van der Waals surface area contributed by atoms with Gasteiger partial charge < -0.3 is 26.4 Å². The molecule has 0 radical (unpaired) electrons. The van der Waals surface area contributed by atoms with Crippen LogP contribution in [-0.4, -0.2) is 32.3 Å². The normalized spacial score (nSPS) is 11.3. The molecule has 3 rings (SSSR count). The number of fused-ring (bicyclic) bond motifs is 1. The predicted molar refractivity (Wildman–Crippen MR) is 104 cm³/mol. The number of anilines is 1. The summed E-state index contributed by atoms with van der Waals surface area (Å²) in [7, 11) is 0. The van der Waals surface area contributed by atoms with Crippen LogP contribution in [0.4, 0.5) is 14.6 Å². The number of aromatic hydroxyl groups is 2. The molecule has 0 fully saturated rings. The molecule has 1 aromatic carbocycles. The molecule has 0 saturated carbocycles. The minimum atomic E-state index is -3.17. The molecule has 0 saturated heterocycles. The molecular formula is C19H18F2N4O5. The van der Waals surface area contributed by atoms with Crippen LogP contribution in [0.3, 0.4) is 0 Å². The van der Waals surface area contributed by atoms with E-state index < -0.39 is 41.3 Å². The number of nitrogen functional groups attached to an aromatic ring is 1. The number of phenols is 2. The summed E-state index contributed by atoms with van der Waals surface area (Å²) in [5.41, 5.74) is 10.9. The third kappa shape index (κ3) is 3.13. The van der Waals surface area contributed by atoms with Gasteiger partial charge in [-0.3, -0.25) is 14.2 Å². The van der Waals surface area contributed by atoms with Gasteiger partial charge in [-0.15, -0.1) is 0 Å². The Morgan fingerprint density at radius 1 is 1.20 bits per heavy atom.